The van der Waals surface area contributed by atoms with E-state index in [0.717, 1.165) is 19.6 Å². The zero-order valence-electron chi connectivity index (χ0n) is 10.9. The number of hydrogen-bond donors (Lipinski definition) is 1. The van der Waals surface area contributed by atoms with E-state index in [0.29, 0.717) is 0 Å². The van der Waals surface area contributed by atoms with E-state index < -0.39 is 0 Å². The molecule has 92 valence electrons. The maximum atomic E-state index is 3.48. The van der Waals surface area contributed by atoms with Gasteiger partial charge in [0.25, 0.3) is 0 Å². The van der Waals surface area contributed by atoms with Crippen LogP contribution in [0.2, 0.25) is 0 Å². The van der Waals surface area contributed by atoms with Crippen LogP contribution in [0.1, 0.15) is 32.3 Å². The Bertz CT molecular complexity index is 471. The summed E-state index contributed by atoms with van der Waals surface area (Å²) in [4.78, 5) is 0. The molecule has 0 aliphatic heterocycles. The first-order valence-corrected chi connectivity index (χ1v) is 6.64. The number of rotatable bonds is 6. The molecule has 0 aliphatic rings. The number of aryl methyl sites for hydroxylation is 1. The minimum atomic E-state index is 0.974. The van der Waals surface area contributed by atoms with Crippen LogP contribution in [0.15, 0.2) is 30.5 Å². The Hall–Kier alpha value is -1.28. The van der Waals surface area contributed by atoms with Gasteiger partial charge in [0.2, 0.25) is 0 Å². The molecule has 0 saturated carbocycles. The summed E-state index contributed by atoms with van der Waals surface area (Å²) >= 11 is 0. The fraction of sp³-hybridized carbons (Fsp3) is 0.467. The van der Waals surface area contributed by atoms with Gasteiger partial charge in [-0.05, 0) is 37.1 Å². The van der Waals surface area contributed by atoms with E-state index in [1.165, 1.54) is 29.3 Å². The molecule has 0 bridgehead atoms. The lowest BCUT2D eigenvalue weighted by molar-refractivity contribution is 0.677. The summed E-state index contributed by atoms with van der Waals surface area (Å²) in [7, 11) is 0. The second kappa shape index (κ2) is 5.87. The molecule has 0 atom stereocenters. The Morgan fingerprint density at radius 3 is 2.76 bits per heavy atom. The van der Waals surface area contributed by atoms with Gasteiger partial charge in [0.1, 0.15) is 0 Å². The minimum absolute atomic E-state index is 0.974. The maximum absolute atomic E-state index is 3.48. The summed E-state index contributed by atoms with van der Waals surface area (Å²) in [6, 6.07) is 8.85. The molecule has 2 rings (SSSR count). The Morgan fingerprint density at radius 1 is 1.12 bits per heavy atom. The van der Waals surface area contributed by atoms with Gasteiger partial charge in [-0.2, -0.15) is 0 Å². The lowest BCUT2D eigenvalue weighted by Crippen LogP contribution is -2.13. The summed E-state index contributed by atoms with van der Waals surface area (Å²) in [5.74, 6) is 0. The molecular weight excluding hydrogens is 208 g/mol. The highest BCUT2D eigenvalue weighted by Crippen LogP contribution is 2.20. The van der Waals surface area contributed by atoms with Crippen LogP contribution >= 0.6 is 0 Å². The van der Waals surface area contributed by atoms with Gasteiger partial charge in [0.05, 0.1) is 0 Å². The summed E-state index contributed by atoms with van der Waals surface area (Å²) in [6.07, 6.45) is 4.58. The normalized spacial score (nSPS) is 11.2. The van der Waals surface area contributed by atoms with Crippen molar-refractivity contribution >= 4 is 10.9 Å². The van der Waals surface area contributed by atoms with E-state index >= 15 is 0 Å². The Balaban J connectivity index is 2.24. The van der Waals surface area contributed by atoms with Gasteiger partial charge in [0, 0.05) is 30.2 Å². The van der Waals surface area contributed by atoms with Crippen LogP contribution < -0.4 is 5.32 Å². The molecule has 0 fully saturated rings. The number of fused-ring (bicyclic) bond motifs is 1. The van der Waals surface area contributed by atoms with Crippen molar-refractivity contribution in [3.8, 4) is 0 Å². The van der Waals surface area contributed by atoms with Gasteiger partial charge in [-0.3, -0.25) is 0 Å². The third-order valence-electron chi connectivity index (χ3n) is 3.11. The molecule has 1 heterocycles. The van der Waals surface area contributed by atoms with Crippen LogP contribution in [0.3, 0.4) is 0 Å². The molecule has 2 nitrogen and oxygen atoms in total. The Morgan fingerprint density at radius 2 is 2.00 bits per heavy atom. The standard InChI is InChI=1S/C15H22N2/c1-3-9-16-12-13-6-5-7-15-14(13)8-11-17(15)10-4-2/h5-8,11,16H,3-4,9-10,12H2,1-2H3. The van der Waals surface area contributed by atoms with Gasteiger partial charge in [-0.25, -0.2) is 0 Å². The van der Waals surface area contributed by atoms with Gasteiger partial charge in [-0.15, -0.1) is 0 Å². The Kier molecular flexibility index (Phi) is 4.21. The number of benzene rings is 1. The highest BCUT2D eigenvalue weighted by molar-refractivity contribution is 5.83. The molecule has 1 aromatic carbocycles. The van der Waals surface area contributed by atoms with Crippen LogP contribution in [-0.2, 0) is 13.1 Å². The van der Waals surface area contributed by atoms with Crippen molar-refractivity contribution in [3.63, 3.8) is 0 Å². The number of hydrogen-bond acceptors (Lipinski definition) is 1. The van der Waals surface area contributed by atoms with E-state index in [2.05, 4.69) is 54.2 Å². The highest BCUT2D eigenvalue weighted by atomic mass is 14.9. The predicted molar refractivity (Wildman–Crippen MR) is 74.2 cm³/mol. The van der Waals surface area contributed by atoms with Crippen LogP contribution in [0, 0.1) is 0 Å². The molecule has 0 amide bonds. The topological polar surface area (TPSA) is 17.0 Å². The van der Waals surface area contributed by atoms with Gasteiger partial charge < -0.3 is 9.88 Å². The summed E-state index contributed by atoms with van der Waals surface area (Å²) in [6.45, 7) is 7.59. The second-order valence-corrected chi connectivity index (χ2v) is 4.54. The molecule has 0 unspecified atom stereocenters. The SMILES string of the molecule is CCCNCc1cccc2c1ccn2CCC. The average Bonchev–Trinajstić information content (AvgIpc) is 2.75. The van der Waals surface area contributed by atoms with E-state index in [9.17, 15) is 0 Å². The third-order valence-corrected chi connectivity index (χ3v) is 3.11. The van der Waals surface area contributed by atoms with Gasteiger partial charge in [0.15, 0.2) is 0 Å². The second-order valence-electron chi connectivity index (χ2n) is 4.54. The first-order chi connectivity index (χ1) is 8.36. The van der Waals surface area contributed by atoms with Crippen LogP contribution in [-0.4, -0.2) is 11.1 Å². The first kappa shape index (κ1) is 12.2. The van der Waals surface area contributed by atoms with Crippen molar-refractivity contribution in [1.29, 1.82) is 0 Å². The quantitative estimate of drug-likeness (QED) is 0.751. The number of nitrogens with one attached hydrogen (secondary N) is 1. The van der Waals surface area contributed by atoms with E-state index in [1.807, 2.05) is 0 Å². The van der Waals surface area contributed by atoms with Crippen LogP contribution in [0.4, 0.5) is 0 Å². The monoisotopic (exact) mass is 230 g/mol. The molecule has 0 radical (unpaired) electrons. The zero-order valence-corrected chi connectivity index (χ0v) is 10.9. The van der Waals surface area contributed by atoms with E-state index in [1.54, 1.807) is 0 Å². The molecule has 1 aromatic heterocycles. The Labute approximate surface area is 104 Å². The summed E-state index contributed by atoms with van der Waals surface area (Å²) < 4.78 is 2.35. The van der Waals surface area contributed by atoms with Crippen molar-refractivity contribution < 1.29 is 0 Å². The first-order valence-electron chi connectivity index (χ1n) is 6.64. The fourth-order valence-corrected chi connectivity index (χ4v) is 2.28. The molecule has 1 N–H and O–H groups in total. The highest BCUT2D eigenvalue weighted by Gasteiger charge is 2.04. The maximum Gasteiger partial charge on any atom is 0.0483 e. The average molecular weight is 230 g/mol. The minimum Gasteiger partial charge on any atom is -0.347 e. The number of nitrogens with zero attached hydrogens (tertiary/aromatic N) is 1. The van der Waals surface area contributed by atoms with Crippen molar-refractivity contribution in [2.75, 3.05) is 6.54 Å². The smallest absolute Gasteiger partial charge is 0.0483 e. The van der Waals surface area contributed by atoms with E-state index in [4.69, 9.17) is 0 Å². The molecule has 2 heteroatoms. The molecule has 2 aromatic rings. The fourth-order valence-electron chi connectivity index (χ4n) is 2.28. The van der Waals surface area contributed by atoms with Crippen LogP contribution in [0.25, 0.3) is 10.9 Å². The largest absolute Gasteiger partial charge is 0.347 e. The summed E-state index contributed by atoms with van der Waals surface area (Å²) in [5, 5.41) is 4.87. The summed E-state index contributed by atoms with van der Waals surface area (Å²) in [5.41, 5.74) is 2.77. The van der Waals surface area contributed by atoms with Crippen molar-refractivity contribution in [2.24, 2.45) is 0 Å². The van der Waals surface area contributed by atoms with Crippen molar-refractivity contribution in [2.45, 2.75) is 39.8 Å². The van der Waals surface area contributed by atoms with Crippen molar-refractivity contribution in [1.82, 2.24) is 9.88 Å². The van der Waals surface area contributed by atoms with E-state index in [-0.39, 0.29) is 0 Å². The molecular formula is C15H22N2. The lowest BCUT2D eigenvalue weighted by atomic mass is 10.1. The third kappa shape index (κ3) is 2.70. The predicted octanol–water partition coefficient (Wildman–Crippen LogP) is 3.55. The molecule has 0 saturated heterocycles. The lowest BCUT2D eigenvalue weighted by Gasteiger charge is -2.07. The van der Waals surface area contributed by atoms with Crippen molar-refractivity contribution in [3.05, 3.63) is 36.0 Å². The molecule has 17 heavy (non-hydrogen) atoms. The molecule has 0 aliphatic carbocycles. The van der Waals surface area contributed by atoms with Gasteiger partial charge in [-0.1, -0.05) is 26.0 Å². The van der Waals surface area contributed by atoms with Crippen LogP contribution in [0.5, 0.6) is 0 Å². The number of aromatic nitrogens is 1. The van der Waals surface area contributed by atoms with Gasteiger partial charge >= 0.3 is 0 Å². The zero-order chi connectivity index (χ0) is 12.1. The molecule has 0 spiro atoms.